The number of nitrogens with one attached hydrogen (secondary N) is 1. The van der Waals surface area contributed by atoms with Gasteiger partial charge in [0, 0.05) is 5.69 Å². The number of fused-ring (bicyclic) bond motifs is 1. The zero-order valence-corrected chi connectivity index (χ0v) is 7.96. The van der Waals surface area contributed by atoms with Gasteiger partial charge in [-0.25, -0.2) is 0 Å². The molecule has 1 heterocycles. The zero-order valence-electron chi connectivity index (χ0n) is 7.96. The molecule has 3 nitrogen and oxygen atoms in total. The fourth-order valence-electron chi connectivity index (χ4n) is 1.73. The Labute approximate surface area is 78.1 Å². The van der Waals surface area contributed by atoms with Gasteiger partial charge in [-0.15, -0.1) is 0 Å². The van der Waals surface area contributed by atoms with Crippen molar-refractivity contribution >= 4 is 5.69 Å². The number of para-hydroxylation sites is 1. The average molecular weight is 177 g/mol. The molecule has 0 saturated heterocycles. The van der Waals surface area contributed by atoms with Gasteiger partial charge in [-0.05, 0) is 25.5 Å². The van der Waals surface area contributed by atoms with Crippen molar-refractivity contribution in [3.05, 3.63) is 29.8 Å². The SMILES string of the molecule is CC1(N)Nc2ccccc2C1(C)N. The van der Waals surface area contributed by atoms with Crippen LogP contribution < -0.4 is 16.8 Å². The van der Waals surface area contributed by atoms with E-state index < -0.39 is 11.2 Å². The van der Waals surface area contributed by atoms with Gasteiger partial charge >= 0.3 is 0 Å². The van der Waals surface area contributed by atoms with Gasteiger partial charge in [-0.1, -0.05) is 18.2 Å². The van der Waals surface area contributed by atoms with E-state index in [1.54, 1.807) is 0 Å². The summed E-state index contributed by atoms with van der Waals surface area (Å²) in [5, 5.41) is 3.22. The van der Waals surface area contributed by atoms with Crippen molar-refractivity contribution in [2.45, 2.75) is 25.0 Å². The lowest BCUT2D eigenvalue weighted by Crippen LogP contribution is -2.60. The van der Waals surface area contributed by atoms with Crippen LogP contribution in [0, 0.1) is 0 Å². The second-order valence-corrected chi connectivity index (χ2v) is 4.08. The third-order valence-electron chi connectivity index (χ3n) is 2.96. The predicted octanol–water partition coefficient (Wildman–Crippen LogP) is 0.961. The first kappa shape index (κ1) is 8.53. The van der Waals surface area contributed by atoms with Crippen molar-refractivity contribution in [3.63, 3.8) is 0 Å². The first-order valence-electron chi connectivity index (χ1n) is 4.40. The molecular weight excluding hydrogens is 162 g/mol. The van der Waals surface area contributed by atoms with Gasteiger partial charge in [0.25, 0.3) is 0 Å². The monoisotopic (exact) mass is 177 g/mol. The largest absolute Gasteiger partial charge is 0.366 e. The van der Waals surface area contributed by atoms with Crippen LogP contribution in [0.15, 0.2) is 24.3 Å². The lowest BCUT2D eigenvalue weighted by molar-refractivity contribution is 0.322. The summed E-state index contributed by atoms with van der Waals surface area (Å²) in [5.74, 6) is 0. The summed E-state index contributed by atoms with van der Waals surface area (Å²) in [6.07, 6.45) is 0. The molecule has 1 aromatic carbocycles. The summed E-state index contributed by atoms with van der Waals surface area (Å²) < 4.78 is 0. The van der Waals surface area contributed by atoms with E-state index in [2.05, 4.69) is 5.32 Å². The summed E-state index contributed by atoms with van der Waals surface area (Å²) in [5.41, 5.74) is 13.3. The van der Waals surface area contributed by atoms with Gasteiger partial charge in [-0.3, -0.25) is 0 Å². The predicted molar refractivity (Wildman–Crippen MR) is 54.2 cm³/mol. The Morgan fingerprint density at radius 2 is 1.77 bits per heavy atom. The quantitative estimate of drug-likeness (QED) is 0.553. The van der Waals surface area contributed by atoms with Gasteiger partial charge in [0.2, 0.25) is 0 Å². The van der Waals surface area contributed by atoms with Crippen molar-refractivity contribution in [2.24, 2.45) is 11.5 Å². The number of anilines is 1. The van der Waals surface area contributed by atoms with Crippen LogP contribution in [0.3, 0.4) is 0 Å². The summed E-state index contributed by atoms with van der Waals surface area (Å²) >= 11 is 0. The van der Waals surface area contributed by atoms with Crippen molar-refractivity contribution in [1.82, 2.24) is 0 Å². The molecule has 2 atom stereocenters. The van der Waals surface area contributed by atoms with E-state index in [9.17, 15) is 0 Å². The third kappa shape index (κ3) is 0.975. The number of rotatable bonds is 0. The molecular formula is C10H15N3. The minimum atomic E-state index is -0.573. The highest BCUT2D eigenvalue weighted by molar-refractivity contribution is 5.62. The lowest BCUT2D eigenvalue weighted by atomic mass is 9.85. The maximum atomic E-state index is 6.18. The van der Waals surface area contributed by atoms with Gasteiger partial charge < -0.3 is 16.8 Å². The Morgan fingerprint density at radius 3 is 2.38 bits per heavy atom. The summed E-state index contributed by atoms with van der Waals surface area (Å²) in [6.45, 7) is 3.86. The molecule has 1 aromatic rings. The number of benzene rings is 1. The van der Waals surface area contributed by atoms with Crippen LogP contribution in [0.1, 0.15) is 19.4 Å². The number of hydrogen-bond donors (Lipinski definition) is 3. The molecule has 0 saturated carbocycles. The third-order valence-corrected chi connectivity index (χ3v) is 2.96. The van der Waals surface area contributed by atoms with Gasteiger partial charge in [0.05, 0.1) is 5.54 Å². The van der Waals surface area contributed by atoms with Gasteiger partial charge in [0.15, 0.2) is 0 Å². The Kier molecular flexibility index (Phi) is 1.47. The second-order valence-electron chi connectivity index (χ2n) is 4.08. The molecule has 5 N–H and O–H groups in total. The molecule has 3 heteroatoms. The first-order chi connectivity index (χ1) is 5.95. The van der Waals surface area contributed by atoms with Crippen molar-refractivity contribution < 1.29 is 0 Å². The van der Waals surface area contributed by atoms with E-state index in [-0.39, 0.29) is 0 Å². The van der Waals surface area contributed by atoms with Crippen LogP contribution >= 0.6 is 0 Å². The molecule has 2 rings (SSSR count). The molecule has 0 radical (unpaired) electrons. The highest BCUT2D eigenvalue weighted by atomic mass is 15.2. The van der Waals surface area contributed by atoms with Gasteiger partial charge in [-0.2, -0.15) is 0 Å². The molecule has 2 unspecified atom stereocenters. The van der Waals surface area contributed by atoms with Crippen LogP contribution in [-0.2, 0) is 5.54 Å². The van der Waals surface area contributed by atoms with Crippen LogP contribution in [0.25, 0.3) is 0 Å². The van der Waals surface area contributed by atoms with Crippen LogP contribution in [-0.4, -0.2) is 5.66 Å². The normalized spacial score (nSPS) is 36.9. The zero-order chi connectivity index (χ0) is 9.69. The maximum Gasteiger partial charge on any atom is 0.105 e. The first-order valence-corrected chi connectivity index (χ1v) is 4.40. The van der Waals surface area contributed by atoms with E-state index in [0.717, 1.165) is 11.3 Å². The maximum absolute atomic E-state index is 6.18. The minimum absolute atomic E-state index is 0.510. The summed E-state index contributed by atoms with van der Waals surface area (Å²) in [7, 11) is 0. The average Bonchev–Trinajstić information content (AvgIpc) is 2.20. The van der Waals surface area contributed by atoms with Crippen molar-refractivity contribution in [2.75, 3.05) is 5.32 Å². The standard InChI is InChI=1S/C10H15N3/c1-9(11)7-5-3-4-6-8(7)13-10(9,2)12/h3-6,13H,11-12H2,1-2H3. The Bertz CT molecular complexity index is 342. The molecule has 0 aliphatic carbocycles. The fraction of sp³-hybridized carbons (Fsp3) is 0.400. The van der Waals surface area contributed by atoms with Gasteiger partial charge in [0.1, 0.15) is 5.66 Å². The molecule has 70 valence electrons. The molecule has 1 aliphatic rings. The lowest BCUT2D eigenvalue weighted by Gasteiger charge is -2.34. The summed E-state index contributed by atoms with van der Waals surface area (Å²) in [4.78, 5) is 0. The molecule has 0 bridgehead atoms. The minimum Gasteiger partial charge on any atom is -0.366 e. The van der Waals surface area contributed by atoms with E-state index in [0.29, 0.717) is 0 Å². The molecule has 0 fully saturated rings. The Balaban J connectivity index is 2.60. The molecule has 0 spiro atoms. The fourth-order valence-corrected chi connectivity index (χ4v) is 1.73. The van der Waals surface area contributed by atoms with Crippen LogP contribution in [0.4, 0.5) is 5.69 Å². The van der Waals surface area contributed by atoms with E-state index >= 15 is 0 Å². The molecule has 0 amide bonds. The van der Waals surface area contributed by atoms with Crippen molar-refractivity contribution in [3.8, 4) is 0 Å². The topological polar surface area (TPSA) is 64.1 Å². The molecule has 1 aliphatic heterocycles. The highest BCUT2D eigenvalue weighted by Gasteiger charge is 2.46. The van der Waals surface area contributed by atoms with Crippen molar-refractivity contribution in [1.29, 1.82) is 0 Å². The van der Waals surface area contributed by atoms with Crippen LogP contribution in [0.2, 0.25) is 0 Å². The number of nitrogens with two attached hydrogens (primary N) is 2. The van der Waals surface area contributed by atoms with E-state index in [1.165, 1.54) is 0 Å². The smallest absolute Gasteiger partial charge is 0.105 e. The highest BCUT2D eigenvalue weighted by Crippen LogP contribution is 2.40. The number of hydrogen-bond acceptors (Lipinski definition) is 3. The van der Waals surface area contributed by atoms with E-state index in [4.69, 9.17) is 11.5 Å². The van der Waals surface area contributed by atoms with Crippen LogP contribution in [0.5, 0.6) is 0 Å². The molecule has 13 heavy (non-hydrogen) atoms. The van der Waals surface area contributed by atoms with E-state index in [1.807, 2.05) is 38.1 Å². The second kappa shape index (κ2) is 2.25. The Morgan fingerprint density at radius 1 is 1.15 bits per heavy atom. The molecule has 0 aromatic heterocycles. The summed E-state index contributed by atoms with van der Waals surface area (Å²) in [6, 6.07) is 7.97. The Hall–Kier alpha value is -1.06.